The van der Waals surface area contributed by atoms with E-state index in [1.165, 1.54) is 16.7 Å². The number of halogens is 3. The lowest BCUT2D eigenvalue weighted by Crippen LogP contribution is -2.40. The molecular formula is C14H14BrF2N3O2. The first-order chi connectivity index (χ1) is 10.5. The van der Waals surface area contributed by atoms with Crippen LogP contribution >= 0.6 is 15.9 Å². The van der Waals surface area contributed by atoms with Gasteiger partial charge in [-0.05, 0) is 28.1 Å². The molecule has 0 radical (unpaired) electrons. The highest BCUT2D eigenvalue weighted by atomic mass is 79.9. The molecule has 1 aliphatic rings. The van der Waals surface area contributed by atoms with Gasteiger partial charge in [0.1, 0.15) is 0 Å². The lowest BCUT2D eigenvalue weighted by molar-refractivity contribution is 0.121. The van der Waals surface area contributed by atoms with Gasteiger partial charge in [-0.15, -0.1) is 0 Å². The molecule has 1 aromatic heterocycles. The second-order valence-corrected chi connectivity index (χ2v) is 5.93. The molecule has 1 saturated heterocycles. The van der Waals surface area contributed by atoms with Crippen LogP contribution in [0.4, 0.5) is 14.7 Å². The van der Waals surface area contributed by atoms with Crippen molar-refractivity contribution in [2.45, 2.75) is 6.43 Å². The van der Waals surface area contributed by atoms with E-state index < -0.39 is 6.43 Å². The van der Waals surface area contributed by atoms with Gasteiger partial charge in [0.2, 0.25) is 5.95 Å². The van der Waals surface area contributed by atoms with E-state index in [0.29, 0.717) is 42.2 Å². The summed E-state index contributed by atoms with van der Waals surface area (Å²) < 4.78 is 32.9. The van der Waals surface area contributed by atoms with Crippen LogP contribution in [-0.2, 0) is 11.8 Å². The average Bonchev–Trinajstić information content (AvgIpc) is 2.51. The Labute approximate surface area is 133 Å². The van der Waals surface area contributed by atoms with E-state index in [0.717, 1.165) is 0 Å². The summed E-state index contributed by atoms with van der Waals surface area (Å²) in [6.45, 7) is 2.41. The zero-order valence-corrected chi connectivity index (χ0v) is 13.4. The highest BCUT2D eigenvalue weighted by Crippen LogP contribution is 2.29. The second-order valence-electron chi connectivity index (χ2n) is 5.07. The summed E-state index contributed by atoms with van der Waals surface area (Å²) in [4.78, 5) is 19.0. The Hall–Kier alpha value is -1.54. The molecule has 118 valence electrons. The number of anilines is 1. The molecule has 1 fully saturated rings. The van der Waals surface area contributed by atoms with E-state index in [1.807, 2.05) is 4.90 Å². The molecule has 0 amide bonds. The van der Waals surface area contributed by atoms with Crippen LogP contribution in [0, 0.1) is 0 Å². The first-order valence-electron chi connectivity index (χ1n) is 6.80. The van der Waals surface area contributed by atoms with Crippen molar-refractivity contribution in [3.63, 3.8) is 0 Å². The first kappa shape index (κ1) is 15.4. The van der Waals surface area contributed by atoms with Crippen LogP contribution in [0.25, 0.3) is 10.9 Å². The van der Waals surface area contributed by atoms with Crippen LogP contribution in [0.1, 0.15) is 12.0 Å². The number of morpholine rings is 1. The molecule has 0 spiro atoms. The molecule has 3 rings (SSSR count). The summed E-state index contributed by atoms with van der Waals surface area (Å²) in [5.74, 6) is 0.520. The molecule has 0 bridgehead atoms. The Morgan fingerprint density at radius 1 is 1.32 bits per heavy atom. The van der Waals surface area contributed by atoms with Gasteiger partial charge in [-0.25, -0.2) is 13.8 Å². The van der Waals surface area contributed by atoms with E-state index in [4.69, 9.17) is 4.74 Å². The average molecular weight is 374 g/mol. The van der Waals surface area contributed by atoms with Crippen molar-refractivity contribution >= 4 is 32.8 Å². The van der Waals surface area contributed by atoms with Gasteiger partial charge < -0.3 is 9.64 Å². The Morgan fingerprint density at radius 3 is 2.64 bits per heavy atom. The number of aromatic nitrogens is 2. The zero-order chi connectivity index (χ0) is 15.9. The van der Waals surface area contributed by atoms with Crippen LogP contribution in [0.2, 0.25) is 0 Å². The van der Waals surface area contributed by atoms with E-state index in [2.05, 4.69) is 20.9 Å². The minimum atomic E-state index is -2.63. The normalized spacial score (nSPS) is 15.8. The predicted molar refractivity (Wildman–Crippen MR) is 82.7 cm³/mol. The van der Waals surface area contributed by atoms with Crippen molar-refractivity contribution in [1.82, 2.24) is 9.55 Å². The lowest BCUT2D eigenvalue weighted by atomic mass is 10.1. The molecule has 0 N–H and O–H groups in total. The lowest BCUT2D eigenvalue weighted by Gasteiger charge is -2.29. The van der Waals surface area contributed by atoms with Gasteiger partial charge in [-0.1, -0.05) is 0 Å². The second kappa shape index (κ2) is 5.92. The minimum Gasteiger partial charge on any atom is -0.378 e. The monoisotopic (exact) mass is 373 g/mol. The van der Waals surface area contributed by atoms with Crippen LogP contribution in [0.15, 0.2) is 21.4 Å². The maximum Gasteiger partial charge on any atom is 0.263 e. The molecule has 1 aromatic carbocycles. The third kappa shape index (κ3) is 2.61. The van der Waals surface area contributed by atoms with Crippen molar-refractivity contribution < 1.29 is 13.5 Å². The van der Waals surface area contributed by atoms with Crippen LogP contribution in [0.3, 0.4) is 0 Å². The van der Waals surface area contributed by atoms with Gasteiger partial charge in [0.25, 0.3) is 12.0 Å². The van der Waals surface area contributed by atoms with Crippen LogP contribution in [0.5, 0.6) is 0 Å². The van der Waals surface area contributed by atoms with Gasteiger partial charge in [0, 0.05) is 30.2 Å². The Bertz CT molecular complexity index is 773. The smallest absolute Gasteiger partial charge is 0.263 e. The Kier molecular flexibility index (Phi) is 4.14. The number of nitrogens with zero attached hydrogens (tertiary/aromatic N) is 3. The van der Waals surface area contributed by atoms with Crippen molar-refractivity contribution in [1.29, 1.82) is 0 Å². The summed E-state index contributed by atoms with van der Waals surface area (Å²) >= 11 is 3.25. The number of hydrogen-bond acceptors (Lipinski definition) is 4. The van der Waals surface area contributed by atoms with Gasteiger partial charge in [-0.2, -0.15) is 0 Å². The van der Waals surface area contributed by atoms with Crippen molar-refractivity contribution in [2.75, 3.05) is 31.2 Å². The van der Waals surface area contributed by atoms with Gasteiger partial charge >= 0.3 is 0 Å². The number of benzene rings is 1. The standard InChI is InChI=1S/C14H14BrF2N3O2/c1-19-13(21)9-6-8(12(16)17)7-10(15)11(9)18-14(19)20-2-4-22-5-3-20/h6-7,12H,2-5H2,1H3. The van der Waals surface area contributed by atoms with Crippen molar-refractivity contribution in [3.05, 3.63) is 32.5 Å². The minimum absolute atomic E-state index is 0.184. The number of fused-ring (bicyclic) bond motifs is 1. The molecule has 0 saturated carbocycles. The van der Waals surface area contributed by atoms with Gasteiger partial charge in [-0.3, -0.25) is 9.36 Å². The number of ether oxygens (including phenoxy) is 1. The quantitative estimate of drug-likeness (QED) is 0.811. The summed E-state index contributed by atoms with van der Waals surface area (Å²) in [6.07, 6.45) is -2.63. The van der Waals surface area contributed by atoms with Gasteiger partial charge in [0.05, 0.1) is 24.1 Å². The van der Waals surface area contributed by atoms with E-state index in [1.54, 1.807) is 7.05 Å². The molecule has 22 heavy (non-hydrogen) atoms. The topological polar surface area (TPSA) is 47.4 Å². The fourth-order valence-corrected chi connectivity index (χ4v) is 3.08. The number of hydrogen-bond donors (Lipinski definition) is 0. The number of alkyl halides is 2. The SMILES string of the molecule is Cn1c(N2CCOCC2)nc2c(Br)cc(C(F)F)cc2c1=O. The zero-order valence-electron chi connectivity index (χ0n) is 11.9. The molecule has 0 unspecified atom stereocenters. The summed E-state index contributed by atoms with van der Waals surface area (Å²) in [5, 5.41) is 0.184. The molecule has 1 aliphatic heterocycles. The molecule has 5 nitrogen and oxygen atoms in total. The van der Waals surface area contributed by atoms with E-state index in [9.17, 15) is 13.6 Å². The largest absolute Gasteiger partial charge is 0.378 e. The van der Waals surface area contributed by atoms with E-state index >= 15 is 0 Å². The van der Waals surface area contributed by atoms with E-state index in [-0.39, 0.29) is 16.5 Å². The molecule has 0 atom stereocenters. The molecule has 2 heterocycles. The molecule has 2 aromatic rings. The summed E-state index contributed by atoms with van der Waals surface area (Å²) in [5.41, 5.74) is -0.138. The van der Waals surface area contributed by atoms with Crippen molar-refractivity contribution in [3.8, 4) is 0 Å². The maximum absolute atomic E-state index is 12.9. The summed E-state index contributed by atoms with van der Waals surface area (Å²) in [7, 11) is 1.60. The molecular weight excluding hydrogens is 360 g/mol. The number of rotatable bonds is 2. The third-order valence-electron chi connectivity index (χ3n) is 3.68. The third-order valence-corrected chi connectivity index (χ3v) is 4.28. The Morgan fingerprint density at radius 2 is 2.00 bits per heavy atom. The molecule has 8 heteroatoms. The fourth-order valence-electron chi connectivity index (χ4n) is 2.52. The fraction of sp³-hybridized carbons (Fsp3) is 0.429. The van der Waals surface area contributed by atoms with Gasteiger partial charge in [0.15, 0.2) is 0 Å². The Balaban J connectivity index is 2.21. The van der Waals surface area contributed by atoms with Crippen LogP contribution < -0.4 is 10.5 Å². The maximum atomic E-state index is 12.9. The highest BCUT2D eigenvalue weighted by molar-refractivity contribution is 9.10. The first-order valence-corrected chi connectivity index (χ1v) is 7.59. The summed E-state index contributed by atoms with van der Waals surface area (Å²) in [6, 6.07) is 2.52. The predicted octanol–water partition coefficient (Wildman–Crippen LogP) is 2.47. The highest BCUT2D eigenvalue weighted by Gasteiger charge is 2.20. The van der Waals surface area contributed by atoms with Crippen LogP contribution in [-0.4, -0.2) is 35.9 Å². The van der Waals surface area contributed by atoms with Crippen molar-refractivity contribution in [2.24, 2.45) is 7.05 Å². The molecule has 0 aliphatic carbocycles.